The van der Waals surface area contributed by atoms with Crippen LogP contribution in [0.5, 0.6) is 0 Å². The second-order valence-electron chi connectivity index (χ2n) is 19.7. The Bertz CT molecular complexity index is 1060. The molecule has 0 radical (unpaired) electrons. The van der Waals surface area contributed by atoms with E-state index in [9.17, 15) is 24.2 Å². The number of ether oxygens (including phenoxy) is 2. The van der Waals surface area contributed by atoms with Crippen molar-refractivity contribution < 1.29 is 47.8 Å². The molecular weight excluding hydrogens is 852 g/mol. The molecule has 0 fully saturated rings. The molecule has 0 aromatic rings. The highest BCUT2D eigenvalue weighted by Gasteiger charge is 2.27. The van der Waals surface area contributed by atoms with Crippen LogP contribution in [0.4, 0.5) is 0 Å². The summed E-state index contributed by atoms with van der Waals surface area (Å²) in [5, 5.41) is 18.4. The van der Waals surface area contributed by atoms with E-state index in [1.807, 2.05) is 0 Å². The fraction of sp³-hybridized carbons (Fsp3) is 0.964. The van der Waals surface area contributed by atoms with Gasteiger partial charge >= 0.3 is 19.8 Å². The summed E-state index contributed by atoms with van der Waals surface area (Å²) < 4.78 is 33.0. The fourth-order valence-electron chi connectivity index (χ4n) is 8.65. The first-order valence-electron chi connectivity index (χ1n) is 28.5. The molecule has 66 heavy (non-hydrogen) atoms. The smallest absolute Gasteiger partial charge is 0.462 e. The van der Waals surface area contributed by atoms with E-state index in [0.29, 0.717) is 12.8 Å². The molecule has 0 aromatic heterocycles. The number of hydrogen-bond acceptors (Lipinski definition) is 9. The zero-order chi connectivity index (χ0) is 48.3. The van der Waals surface area contributed by atoms with Crippen LogP contribution in [0, 0.1) is 0 Å². The monoisotopic (exact) mass is 961 g/mol. The van der Waals surface area contributed by atoms with Crippen LogP contribution in [0.3, 0.4) is 0 Å². The van der Waals surface area contributed by atoms with Gasteiger partial charge in [0.1, 0.15) is 12.7 Å². The predicted molar refractivity (Wildman–Crippen MR) is 275 cm³/mol. The highest BCUT2D eigenvalue weighted by molar-refractivity contribution is 7.47. The summed E-state index contributed by atoms with van der Waals surface area (Å²) in [5.41, 5.74) is 0. The van der Waals surface area contributed by atoms with E-state index in [-0.39, 0.29) is 19.4 Å². The number of esters is 2. The van der Waals surface area contributed by atoms with Crippen molar-refractivity contribution >= 4 is 19.8 Å². The summed E-state index contributed by atoms with van der Waals surface area (Å²) in [7, 11) is -4.62. The number of phosphoric acid groups is 1. The highest BCUT2D eigenvalue weighted by atomic mass is 31.2. The van der Waals surface area contributed by atoms with E-state index < -0.39 is 51.8 Å². The van der Waals surface area contributed by atoms with Gasteiger partial charge in [-0.05, 0) is 12.8 Å². The van der Waals surface area contributed by atoms with Crippen LogP contribution in [0.25, 0.3) is 0 Å². The third kappa shape index (κ3) is 50.8. The Balaban J connectivity index is 4.05. The van der Waals surface area contributed by atoms with Crippen LogP contribution in [0.15, 0.2) is 0 Å². The Hall–Kier alpha value is -1.03. The Kier molecular flexibility index (Phi) is 51.0. The first-order valence-corrected chi connectivity index (χ1v) is 30.0. The fourth-order valence-corrected chi connectivity index (χ4v) is 9.44. The average molecular weight is 961 g/mol. The number of unbranched alkanes of at least 4 members (excludes halogenated alkanes) is 41. The van der Waals surface area contributed by atoms with Crippen molar-refractivity contribution in [1.82, 2.24) is 0 Å². The van der Waals surface area contributed by atoms with E-state index in [1.54, 1.807) is 0 Å². The lowest BCUT2D eigenvalue weighted by molar-refractivity contribution is -0.161. The molecule has 0 heterocycles. The molecule has 10 nitrogen and oxygen atoms in total. The molecule has 0 saturated carbocycles. The topological polar surface area (TPSA) is 149 Å². The van der Waals surface area contributed by atoms with E-state index >= 15 is 0 Å². The van der Waals surface area contributed by atoms with Crippen molar-refractivity contribution in [1.29, 1.82) is 0 Å². The first kappa shape index (κ1) is 65.0. The molecular formula is C55H109O10P. The van der Waals surface area contributed by atoms with Gasteiger partial charge in [0.2, 0.25) is 0 Å². The molecule has 3 unspecified atom stereocenters. The maximum Gasteiger partial charge on any atom is 0.472 e. The van der Waals surface area contributed by atoms with Crippen LogP contribution in [-0.2, 0) is 32.7 Å². The molecule has 0 aliphatic heterocycles. The lowest BCUT2D eigenvalue weighted by Crippen LogP contribution is -2.29. The Morgan fingerprint density at radius 2 is 0.652 bits per heavy atom. The third-order valence-corrected chi connectivity index (χ3v) is 14.0. The van der Waals surface area contributed by atoms with Crippen molar-refractivity contribution in [3.63, 3.8) is 0 Å². The SMILES string of the molecule is CCCCCCCCCCCCCCCCCCCCCCCCCC(=O)OC(COC(=O)CCCCCCCCCCCCCCCCCCCCCC)COP(=O)(O)OCC(O)CO. The van der Waals surface area contributed by atoms with Crippen molar-refractivity contribution in [3.05, 3.63) is 0 Å². The van der Waals surface area contributed by atoms with Crippen LogP contribution in [0.1, 0.15) is 303 Å². The van der Waals surface area contributed by atoms with Gasteiger partial charge in [-0.2, -0.15) is 0 Å². The highest BCUT2D eigenvalue weighted by Crippen LogP contribution is 2.43. The second-order valence-corrected chi connectivity index (χ2v) is 21.1. The molecule has 3 atom stereocenters. The molecule has 0 bridgehead atoms. The number of aliphatic hydroxyl groups excluding tert-OH is 2. The molecule has 0 spiro atoms. The molecule has 0 aromatic carbocycles. The minimum atomic E-state index is -4.62. The van der Waals surface area contributed by atoms with Crippen LogP contribution in [0.2, 0.25) is 0 Å². The largest absolute Gasteiger partial charge is 0.472 e. The summed E-state index contributed by atoms with van der Waals surface area (Å²) in [6, 6.07) is 0. The molecule has 11 heteroatoms. The molecule has 0 aliphatic carbocycles. The van der Waals surface area contributed by atoms with Gasteiger partial charge in [0.15, 0.2) is 6.10 Å². The Morgan fingerprint density at radius 1 is 0.394 bits per heavy atom. The van der Waals surface area contributed by atoms with E-state index in [0.717, 1.165) is 32.1 Å². The number of hydrogen-bond donors (Lipinski definition) is 3. The summed E-state index contributed by atoms with van der Waals surface area (Å²) in [6.45, 7) is 2.47. The molecule has 3 N–H and O–H groups in total. The van der Waals surface area contributed by atoms with Crippen molar-refractivity contribution in [2.45, 2.75) is 315 Å². The Labute approximate surface area is 407 Å². The van der Waals surface area contributed by atoms with Gasteiger partial charge in [0, 0.05) is 12.8 Å². The van der Waals surface area contributed by atoms with Crippen LogP contribution in [-0.4, -0.2) is 65.7 Å². The summed E-state index contributed by atoms with van der Waals surface area (Å²) in [6.07, 6.45) is 53.7. The number of carbonyl (C=O) groups excluding carboxylic acids is 2. The van der Waals surface area contributed by atoms with E-state index in [1.165, 1.54) is 231 Å². The van der Waals surface area contributed by atoms with Gasteiger partial charge in [-0.25, -0.2) is 4.57 Å². The van der Waals surface area contributed by atoms with E-state index in [2.05, 4.69) is 13.8 Å². The standard InChI is InChI=1S/C55H109O10P/c1-3-5-7-9-11-13-15-17-19-21-23-25-26-27-29-31-33-35-37-39-41-43-45-47-55(59)65-53(51-64-66(60,61)63-49-52(57)48-56)50-62-54(58)46-44-42-40-38-36-34-32-30-28-24-22-20-18-16-14-12-10-8-6-4-2/h52-53,56-57H,3-51H2,1-2H3,(H,60,61). The van der Waals surface area contributed by atoms with E-state index in [4.69, 9.17) is 23.6 Å². The average Bonchev–Trinajstić information content (AvgIpc) is 3.31. The molecule has 0 aliphatic rings. The minimum Gasteiger partial charge on any atom is -0.462 e. The number of phosphoric ester groups is 1. The summed E-state index contributed by atoms with van der Waals surface area (Å²) in [5.74, 6) is -0.899. The zero-order valence-corrected chi connectivity index (χ0v) is 44.3. The van der Waals surface area contributed by atoms with Gasteiger partial charge in [-0.3, -0.25) is 18.6 Å². The van der Waals surface area contributed by atoms with Crippen molar-refractivity contribution in [2.24, 2.45) is 0 Å². The zero-order valence-electron chi connectivity index (χ0n) is 43.4. The maximum absolute atomic E-state index is 12.7. The number of aliphatic hydroxyl groups is 2. The lowest BCUT2D eigenvalue weighted by Gasteiger charge is -2.20. The van der Waals surface area contributed by atoms with Gasteiger partial charge in [-0.1, -0.05) is 277 Å². The van der Waals surface area contributed by atoms with Gasteiger partial charge < -0.3 is 24.6 Å². The van der Waals surface area contributed by atoms with Crippen molar-refractivity contribution in [2.75, 3.05) is 26.4 Å². The normalized spacial score (nSPS) is 13.5. The van der Waals surface area contributed by atoms with Crippen molar-refractivity contribution in [3.8, 4) is 0 Å². The Morgan fingerprint density at radius 3 is 0.939 bits per heavy atom. The van der Waals surface area contributed by atoms with Crippen LogP contribution >= 0.6 is 7.82 Å². The first-order chi connectivity index (χ1) is 32.2. The molecule has 394 valence electrons. The minimum absolute atomic E-state index is 0.193. The number of carbonyl (C=O) groups is 2. The molecule has 0 amide bonds. The molecule has 0 saturated heterocycles. The van der Waals surface area contributed by atoms with Gasteiger partial charge in [0.25, 0.3) is 0 Å². The van der Waals surface area contributed by atoms with Crippen LogP contribution < -0.4 is 0 Å². The third-order valence-electron chi connectivity index (χ3n) is 13.0. The van der Waals surface area contributed by atoms with Gasteiger partial charge in [-0.15, -0.1) is 0 Å². The lowest BCUT2D eigenvalue weighted by atomic mass is 10.0. The predicted octanol–water partition coefficient (Wildman–Crippen LogP) is 16.5. The maximum atomic E-state index is 12.7. The molecule has 0 rings (SSSR count). The van der Waals surface area contributed by atoms with Gasteiger partial charge in [0.05, 0.1) is 19.8 Å². The number of rotatable bonds is 55. The quantitative estimate of drug-likeness (QED) is 0.0305. The second kappa shape index (κ2) is 51.8. The summed E-state index contributed by atoms with van der Waals surface area (Å²) >= 11 is 0. The summed E-state index contributed by atoms with van der Waals surface area (Å²) in [4.78, 5) is 35.3.